The highest BCUT2D eigenvalue weighted by atomic mass is 16.5. The SMILES string of the molecule is CCCNCC(C)CC1CCC2(CCCC2)O1. The van der Waals surface area contributed by atoms with Crippen molar-refractivity contribution >= 4 is 0 Å². The smallest absolute Gasteiger partial charge is 0.0687 e. The summed E-state index contributed by atoms with van der Waals surface area (Å²) in [6.07, 6.45) is 11.1. The van der Waals surface area contributed by atoms with Gasteiger partial charge in [0.15, 0.2) is 0 Å². The molecule has 1 N–H and O–H groups in total. The van der Waals surface area contributed by atoms with Gasteiger partial charge < -0.3 is 10.1 Å². The fourth-order valence-corrected chi connectivity index (χ4v) is 3.51. The third kappa shape index (κ3) is 3.69. The highest BCUT2D eigenvalue weighted by Gasteiger charge is 2.42. The standard InChI is InChI=1S/C15H29NO/c1-3-10-16-12-13(2)11-14-6-9-15(17-14)7-4-5-8-15/h13-14,16H,3-12H2,1-2H3. The first kappa shape index (κ1) is 13.4. The van der Waals surface area contributed by atoms with Crippen molar-refractivity contribution in [2.24, 2.45) is 5.92 Å². The summed E-state index contributed by atoms with van der Waals surface area (Å²) in [4.78, 5) is 0. The van der Waals surface area contributed by atoms with Gasteiger partial charge in [-0.3, -0.25) is 0 Å². The largest absolute Gasteiger partial charge is 0.372 e. The molecule has 1 spiro atoms. The van der Waals surface area contributed by atoms with Crippen LogP contribution < -0.4 is 5.32 Å². The highest BCUT2D eigenvalue weighted by Crippen LogP contribution is 2.44. The van der Waals surface area contributed by atoms with Crippen LogP contribution in [0.5, 0.6) is 0 Å². The Kier molecular flexibility index (Phi) is 4.87. The van der Waals surface area contributed by atoms with Crippen LogP contribution in [0.1, 0.15) is 65.2 Å². The van der Waals surface area contributed by atoms with Crippen molar-refractivity contribution in [2.75, 3.05) is 13.1 Å². The van der Waals surface area contributed by atoms with Gasteiger partial charge in [0.2, 0.25) is 0 Å². The molecular formula is C15H29NO. The van der Waals surface area contributed by atoms with Crippen molar-refractivity contribution in [1.29, 1.82) is 0 Å². The highest BCUT2D eigenvalue weighted by molar-refractivity contribution is 4.93. The first-order chi connectivity index (χ1) is 8.24. The van der Waals surface area contributed by atoms with Crippen molar-refractivity contribution < 1.29 is 4.74 Å². The summed E-state index contributed by atoms with van der Waals surface area (Å²) in [5.74, 6) is 0.753. The summed E-state index contributed by atoms with van der Waals surface area (Å²) in [6, 6.07) is 0. The first-order valence-electron chi connectivity index (χ1n) is 7.63. The second-order valence-corrected chi connectivity index (χ2v) is 6.21. The predicted molar refractivity (Wildman–Crippen MR) is 72.2 cm³/mol. The normalized spacial score (nSPS) is 28.9. The number of hydrogen-bond donors (Lipinski definition) is 1. The van der Waals surface area contributed by atoms with E-state index in [0.717, 1.165) is 19.0 Å². The van der Waals surface area contributed by atoms with E-state index in [4.69, 9.17) is 4.74 Å². The monoisotopic (exact) mass is 239 g/mol. The molecule has 0 bridgehead atoms. The van der Waals surface area contributed by atoms with Gasteiger partial charge in [0, 0.05) is 0 Å². The van der Waals surface area contributed by atoms with E-state index in [2.05, 4.69) is 19.2 Å². The Morgan fingerprint density at radius 3 is 2.76 bits per heavy atom. The van der Waals surface area contributed by atoms with Crippen LogP contribution in [0, 0.1) is 5.92 Å². The zero-order valence-corrected chi connectivity index (χ0v) is 11.6. The van der Waals surface area contributed by atoms with Crippen LogP contribution in [-0.2, 0) is 4.74 Å². The van der Waals surface area contributed by atoms with Crippen molar-refractivity contribution in [3.8, 4) is 0 Å². The Bertz CT molecular complexity index is 223. The van der Waals surface area contributed by atoms with E-state index in [0.29, 0.717) is 11.7 Å². The molecule has 1 saturated heterocycles. The van der Waals surface area contributed by atoms with Crippen LogP contribution in [0.2, 0.25) is 0 Å². The molecule has 1 aliphatic carbocycles. The van der Waals surface area contributed by atoms with Gasteiger partial charge in [0.05, 0.1) is 11.7 Å². The average molecular weight is 239 g/mol. The van der Waals surface area contributed by atoms with Gasteiger partial charge >= 0.3 is 0 Å². The summed E-state index contributed by atoms with van der Waals surface area (Å²) < 4.78 is 6.36. The molecule has 0 aromatic heterocycles. The Balaban J connectivity index is 1.66. The molecule has 100 valence electrons. The van der Waals surface area contributed by atoms with Crippen LogP contribution >= 0.6 is 0 Å². The lowest BCUT2D eigenvalue weighted by Gasteiger charge is -2.25. The van der Waals surface area contributed by atoms with Gasteiger partial charge in [-0.1, -0.05) is 26.7 Å². The Hall–Kier alpha value is -0.0800. The summed E-state index contributed by atoms with van der Waals surface area (Å²) in [5.41, 5.74) is 0.321. The van der Waals surface area contributed by atoms with E-state index in [-0.39, 0.29) is 0 Å². The fourth-order valence-electron chi connectivity index (χ4n) is 3.51. The van der Waals surface area contributed by atoms with Crippen molar-refractivity contribution in [3.05, 3.63) is 0 Å². The van der Waals surface area contributed by atoms with Gasteiger partial charge in [-0.05, 0) is 57.5 Å². The molecule has 2 nitrogen and oxygen atoms in total. The number of ether oxygens (including phenoxy) is 1. The lowest BCUT2D eigenvalue weighted by Crippen LogP contribution is -2.28. The molecule has 2 atom stereocenters. The van der Waals surface area contributed by atoms with Gasteiger partial charge in [-0.2, -0.15) is 0 Å². The quantitative estimate of drug-likeness (QED) is 0.716. The molecule has 1 heterocycles. The predicted octanol–water partition coefficient (Wildman–Crippen LogP) is 3.50. The maximum absolute atomic E-state index is 6.36. The van der Waals surface area contributed by atoms with Gasteiger partial charge in [0.1, 0.15) is 0 Å². The van der Waals surface area contributed by atoms with Crippen molar-refractivity contribution in [2.45, 2.75) is 76.9 Å². The minimum atomic E-state index is 0.321. The maximum atomic E-state index is 6.36. The van der Waals surface area contributed by atoms with E-state index in [1.807, 2.05) is 0 Å². The molecule has 2 unspecified atom stereocenters. The van der Waals surface area contributed by atoms with Gasteiger partial charge in [-0.25, -0.2) is 0 Å². The molecule has 0 radical (unpaired) electrons. The van der Waals surface area contributed by atoms with E-state index >= 15 is 0 Å². The first-order valence-corrected chi connectivity index (χ1v) is 7.63. The van der Waals surface area contributed by atoms with Gasteiger partial charge in [0.25, 0.3) is 0 Å². The molecule has 0 aromatic carbocycles. The minimum absolute atomic E-state index is 0.321. The third-order valence-electron chi connectivity index (χ3n) is 4.44. The summed E-state index contributed by atoms with van der Waals surface area (Å²) in [7, 11) is 0. The van der Waals surface area contributed by atoms with E-state index in [1.54, 1.807) is 0 Å². The fraction of sp³-hybridized carbons (Fsp3) is 1.00. The molecule has 17 heavy (non-hydrogen) atoms. The Morgan fingerprint density at radius 2 is 2.06 bits per heavy atom. The number of rotatable bonds is 6. The van der Waals surface area contributed by atoms with Crippen LogP contribution in [0.15, 0.2) is 0 Å². The summed E-state index contributed by atoms with van der Waals surface area (Å²) in [6.45, 7) is 6.88. The van der Waals surface area contributed by atoms with Crippen LogP contribution in [0.3, 0.4) is 0 Å². The summed E-state index contributed by atoms with van der Waals surface area (Å²) >= 11 is 0. The molecule has 2 aliphatic rings. The van der Waals surface area contributed by atoms with Crippen molar-refractivity contribution in [1.82, 2.24) is 5.32 Å². The van der Waals surface area contributed by atoms with E-state index in [1.165, 1.54) is 51.4 Å². The molecular weight excluding hydrogens is 210 g/mol. The van der Waals surface area contributed by atoms with E-state index < -0.39 is 0 Å². The number of hydrogen-bond acceptors (Lipinski definition) is 2. The van der Waals surface area contributed by atoms with E-state index in [9.17, 15) is 0 Å². The maximum Gasteiger partial charge on any atom is 0.0687 e. The average Bonchev–Trinajstić information content (AvgIpc) is 2.91. The van der Waals surface area contributed by atoms with Crippen LogP contribution in [0.25, 0.3) is 0 Å². The number of nitrogens with one attached hydrogen (secondary N) is 1. The van der Waals surface area contributed by atoms with Crippen LogP contribution in [0.4, 0.5) is 0 Å². The second kappa shape index (κ2) is 6.19. The molecule has 1 saturated carbocycles. The summed E-state index contributed by atoms with van der Waals surface area (Å²) in [5, 5.41) is 3.51. The minimum Gasteiger partial charge on any atom is -0.372 e. The zero-order valence-electron chi connectivity index (χ0n) is 11.6. The lowest BCUT2D eigenvalue weighted by atomic mass is 9.96. The topological polar surface area (TPSA) is 21.3 Å². The Morgan fingerprint density at radius 1 is 1.29 bits per heavy atom. The molecule has 0 amide bonds. The molecule has 2 heteroatoms. The molecule has 2 fully saturated rings. The Labute approximate surface area is 107 Å². The molecule has 2 rings (SSSR count). The van der Waals surface area contributed by atoms with Gasteiger partial charge in [-0.15, -0.1) is 0 Å². The third-order valence-corrected chi connectivity index (χ3v) is 4.44. The van der Waals surface area contributed by atoms with Crippen LogP contribution in [-0.4, -0.2) is 24.8 Å². The zero-order chi connectivity index (χ0) is 12.1. The van der Waals surface area contributed by atoms with Crippen molar-refractivity contribution in [3.63, 3.8) is 0 Å². The second-order valence-electron chi connectivity index (χ2n) is 6.21. The lowest BCUT2D eigenvalue weighted by molar-refractivity contribution is -0.0433. The molecule has 0 aromatic rings. The molecule has 1 aliphatic heterocycles.